The van der Waals surface area contributed by atoms with Crippen molar-refractivity contribution < 1.29 is 32.2 Å². The molecule has 116 valence electrons. The fourth-order valence-corrected chi connectivity index (χ4v) is 1.93. The molecule has 3 nitrogen and oxygen atoms in total. The number of benzene rings is 2. The summed E-state index contributed by atoms with van der Waals surface area (Å²) in [5.41, 5.74) is -1.34. The molecule has 0 aliphatic heterocycles. The third-order valence-corrected chi connectivity index (χ3v) is 2.99. The van der Waals surface area contributed by atoms with E-state index in [1.54, 1.807) is 0 Å². The molecule has 2 aromatic carbocycles. The molecule has 0 radical (unpaired) electrons. The minimum atomic E-state index is -4.84. The number of rotatable bonds is 3. The Morgan fingerprint density at radius 1 is 1.09 bits per heavy atom. The Labute approximate surface area is 122 Å². The lowest BCUT2D eigenvalue weighted by Gasteiger charge is -2.11. The average Bonchev–Trinajstić information content (AvgIpc) is 2.45. The van der Waals surface area contributed by atoms with Gasteiger partial charge in [0.2, 0.25) is 0 Å². The van der Waals surface area contributed by atoms with Gasteiger partial charge in [-0.2, -0.15) is 13.2 Å². The third kappa shape index (κ3) is 3.19. The molecule has 0 heterocycles. The topological polar surface area (TPSA) is 46.5 Å². The highest BCUT2D eigenvalue weighted by Crippen LogP contribution is 2.35. The maximum absolute atomic E-state index is 13.3. The van der Waals surface area contributed by atoms with Crippen molar-refractivity contribution in [3.05, 3.63) is 53.3 Å². The summed E-state index contributed by atoms with van der Waals surface area (Å²) < 4.78 is 56.4. The molecular formula is C15H10F4O3. The molecule has 0 amide bonds. The molecule has 0 aliphatic carbocycles. The zero-order valence-electron chi connectivity index (χ0n) is 11.2. The van der Waals surface area contributed by atoms with Gasteiger partial charge in [-0.05, 0) is 41.5 Å². The van der Waals surface area contributed by atoms with E-state index in [2.05, 4.69) is 0 Å². The molecule has 7 heteroatoms. The van der Waals surface area contributed by atoms with E-state index in [4.69, 9.17) is 9.84 Å². The summed E-state index contributed by atoms with van der Waals surface area (Å²) in [6.07, 6.45) is -4.84. The van der Waals surface area contributed by atoms with Crippen molar-refractivity contribution in [1.82, 2.24) is 0 Å². The molecule has 0 bridgehead atoms. The maximum Gasteiger partial charge on any atom is 0.419 e. The van der Waals surface area contributed by atoms with Gasteiger partial charge < -0.3 is 9.84 Å². The molecule has 2 rings (SSSR count). The van der Waals surface area contributed by atoms with E-state index in [1.165, 1.54) is 25.3 Å². The van der Waals surface area contributed by atoms with Gasteiger partial charge in [-0.1, -0.05) is 6.07 Å². The molecule has 22 heavy (non-hydrogen) atoms. The van der Waals surface area contributed by atoms with E-state index in [-0.39, 0.29) is 22.4 Å². The molecule has 0 aliphatic rings. The predicted octanol–water partition coefficient (Wildman–Crippen LogP) is 4.22. The van der Waals surface area contributed by atoms with E-state index >= 15 is 0 Å². The lowest BCUT2D eigenvalue weighted by Crippen LogP contribution is -2.08. The number of alkyl halides is 3. The van der Waals surface area contributed by atoms with Crippen LogP contribution in [0.2, 0.25) is 0 Å². The zero-order valence-corrected chi connectivity index (χ0v) is 11.2. The quantitative estimate of drug-likeness (QED) is 0.863. The van der Waals surface area contributed by atoms with Crippen molar-refractivity contribution in [2.75, 3.05) is 7.11 Å². The summed E-state index contributed by atoms with van der Waals surface area (Å²) in [5, 5.41) is 9.01. The molecule has 0 fully saturated rings. The van der Waals surface area contributed by atoms with Crippen molar-refractivity contribution in [3.63, 3.8) is 0 Å². The highest BCUT2D eigenvalue weighted by Gasteiger charge is 2.34. The smallest absolute Gasteiger partial charge is 0.419 e. The van der Waals surface area contributed by atoms with Crippen molar-refractivity contribution >= 4 is 5.97 Å². The van der Waals surface area contributed by atoms with Gasteiger partial charge in [0.05, 0.1) is 18.2 Å². The average molecular weight is 314 g/mol. The van der Waals surface area contributed by atoms with Crippen LogP contribution in [0.25, 0.3) is 11.1 Å². The van der Waals surface area contributed by atoms with Crippen LogP contribution < -0.4 is 4.74 Å². The zero-order chi connectivity index (χ0) is 16.5. The van der Waals surface area contributed by atoms with Crippen LogP contribution in [0, 0.1) is 5.82 Å². The van der Waals surface area contributed by atoms with Gasteiger partial charge in [0, 0.05) is 0 Å². The van der Waals surface area contributed by atoms with Crippen LogP contribution in [0.5, 0.6) is 5.75 Å². The Morgan fingerprint density at radius 2 is 1.77 bits per heavy atom. The molecule has 0 saturated heterocycles. The number of carbonyl (C=O) groups is 1. The normalized spacial score (nSPS) is 11.3. The second-order valence-electron chi connectivity index (χ2n) is 4.45. The first-order valence-corrected chi connectivity index (χ1v) is 6.02. The van der Waals surface area contributed by atoms with E-state index in [0.717, 1.165) is 6.07 Å². The number of halogens is 4. The SMILES string of the molecule is COc1cc(C(=O)O)cc(-c2ccc(F)c(C(F)(F)F)c2)c1. The Kier molecular flexibility index (Phi) is 4.07. The fraction of sp³-hybridized carbons (Fsp3) is 0.133. The molecule has 0 unspecified atom stereocenters. The Balaban J connectivity index is 2.61. The third-order valence-electron chi connectivity index (χ3n) is 2.99. The van der Waals surface area contributed by atoms with Gasteiger partial charge in [-0.3, -0.25) is 0 Å². The standard InChI is InChI=1S/C15H10F4O3/c1-22-11-5-9(4-10(6-11)14(20)21)8-2-3-13(16)12(7-8)15(17,18)19/h2-7H,1H3,(H,20,21). The Bertz CT molecular complexity index is 723. The summed E-state index contributed by atoms with van der Waals surface area (Å²) >= 11 is 0. The first-order chi connectivity index (χ1) is 10.2. The summed E-state index contributed by atoms with van der Waals surface area (Å²) in [6, 6.07) is 6.27. The van der Waals surface area contributed by atoms with Crippen LogP contribution in [0.3, 0.4) is 0 Å². The molecule has 1 N–H and O–H groups in total. The number of aromatic carboxylic acids is 1. The van der Waals surface area contributed by atoms with Gasteiger partial charge in [-0.25, -0.2) is 9.18 Å². The number of carboxylic acid groups (broad SMARTS) is 1. The number of ether oxygens (including phenoxy) is 1. The molecule has 0 spiro atoms. The van der Waals surface area contributed by atoms with Crippen LogP contribution in [-0.2, 0) is 6.18 Å². The van der Waals surface area contributed by atoms with Gasteiger partial charge >= 0.3 is 12.1 Å². The van der Waals surface area contributed by atoms with Gasteiger partial charge in [0.1, 0.15) is 11.6 Å². The van der Waals surface area contributed by atoms with Gasteiger partial charge in [0.25, 0.3) is 0 Å². The van der Waals surface area contributed by atoms with Crippen LogP contribution in [0.1, 0.15) is 15.9 Å². The van der Waals surface area contributed by atoms with E-state index < -0.39 is 23.5 Å². The Morgan fingerprint density at radius 3 is 2.32 bits per heavy atom. The Hall–Kier alpha value is -2.57. The highest BCUT2D eigenvalue weighted by atomic mass is 19.4. The van der Waals surface area contributed by atoms with E-state index in [0.29, 0.717) is 12.1 Å². The maximum atomic E-state index is 13.3. The molecular weight excluding hydrogens is 304 g/mol. The molecule has 0 atom stereocenters. The van der Waals surface area contributed by atoms with Crippen molar-refractivity contribution in [1.29, 1.82) is 0 Å². The lowest BCUT2D eigenvalue weighted by atomic mass is 10.00. The number of carboxylic acids is 1. The van der Waals surface area contributed by atoms with Crippen LogP contribution in [0.15, 0.2) is 36.4 Å². The van der Waals surface area contributed by atoms with E-state index in [9.17, 15) is 22.4 Å². The number of hydrogen-bond acceptors (Lipinski definition) is 2. The summed E-state index contributed by atoms with van der Waals surface area (Å²) in [4.78, 5) is 11.0. The van der Waals surface area contributed by atoms with Crippen molar-refractivity contribution in [2.45, 2.75) is 6.18 Å². The van der Waals surface area contributed by atoms with Gasteiger partial charge in [-0.15, -0.1) is 0 Å². The monoisotopic (exact) mass is 314 g/mol. The molecule has 0 saturated carbocycles. The van der Waals surface area contributed by atoms with Crippen LogP contribution in [0.4, 0.5) is 17.6 Å². The first-order valence-electron chi connectivity index (χ1n) is 6.02. The summed E-state index contributed by atoms with van der Waals surface area (Å²) in [6.45, 7) is 0. The van der Waals surface area contributed by atoms with Crippen LogP contribution >= 0.6 is 0 Å². The minimum absolute atomic E-state index is 0.0372. The highest BCUT2D eigenvalue weighted by molar-refractivity contribution is 5.90. The second kappa shape index (κ2) is 5.67. The largest absolute Gasteiger partial charge is 0.497 e. The predicted molar refractivity (Wildman–Crippen MR) is 70.3 cm³/mol. The second-order valence-corrected chi connectivity index (χ2v) is 4.45. The fourth-order valence-electron chi connectivity index (χ4n) is 1.93. The lowest BCUT2D eigenvalue weighted by molar-refractivity contribution is -0.139. The van der Waals surface area contributed by atoms with Crippen LogP contribution in [-0.4, -0.2) is 18.2 Å². The summed E-state index contributed by atoms with van der Waals surface area (Å²) in [7, 11) is 1.30. The summed E-state index contributed by atoms with van der Waals surface area (Å²) in [5.74, 6) is -2.47. The van der Waals surface area contributed by atoms with E-state index in [1.807, 2.05) is 0 Å². The molecule has 2 aromatic rings. The van der Waals surface area contributed by atoms with Crippen molar-refractivity contribution in [3.8, 4) is 16.9 Å². The number of methoxy groups -OCH3 is 1. The number of hydrogen-bond donors (Lipinski definition) is 1. The first kappa shape index (κ1) is 15.8. The minimum Gasteiger partial charge on any atom is -0.497 e. The van der Waals surface area contributed by atoms with Crippen molar-refractivity contribution in [2.24, 2.45) is 0 Å². The van der Waals surface area contributed by atoms with Gasteiger partial charge in [0.15, 0.2) is 0 Å². The molecule has 0 aromatic heterocycles.